The second-order valence-electron chi connectivity index (χ2n) is 5.23. The van der Waals surface area contributed by atoms with Crippen molar-refractivity contribution < 1.29 is 0 Å². The fourth-order valence-electron chi connectivity index (χ4n) is 2.17. The minimum atomic E-state index is 0.857. The Labute approximate surface area is 147 Å². The molecule has 2 aromatic carbocycles. The number of hydrogen-bond donors (Lipinski definition) is 0. The Hall–Kier alpha value is -1.98. The topological polar surface area (TPSA) is 29.6 Å². The molecule has 0 saturated carbocycles. The van der Waals surface area contributed by atoms with Crippen molar-refractivity contribution in [3.63, 3.8) is 0 Å². The molecule has 0 spiro atoms. The summed E-state index contributed by atoms with van der Waals surface area (Å²) in [6.07, 6.45) is 0. The fourth-order valence-corrected chi connectivity index (χ4v) is 3.29. The zero-order chi connectivity index (χ0) is 16.2. The molecule has 0 amide bonds. The maximum Gasteiger partial charge on any atom is 0.215 e. The van der Waals surface area contributed by atoms with E-state index in [9.17, 15) is 0 Å². The summed E-state index contributed by atoms with van der Waals surface area (Å²) in [5.41, 5.74) is 4.26. The standard InChI is InChI=1S/C18H16BrN3S/c1-13(2)20-21-18-22(16-6-4-3-5-7-16)17(12-23-18)14-8-10-15(19)11-9-14/h3-12H,1-2H3/b21-18+. The number of halogens is 1. The number of benzene rings is 2. The SMILES string of the molecule is CC(C)=N/N=c1/scc(-c2ccc(Br)cc2)n1-c1ccccc1. The van der Waals surface area contributed by atoms with E-state index >= 15 is 0 Å². The Bertz CT molecular complexity index is 886. The summed E-state index contributed by atoms with van der Waals surface area (Å²) in [6, 6.07) is 18.5. The van der Waals surface area contributed by atoms with Crippen molar-refractivity contribution in [1.82, 2.24) is 4.57 Å². The van der Waals surface area contributed by atoms with Crippen LogP contribution in [0.2, 0.25) is 0 Å². The molecule has 3 nitrogen and oxygen atoms in total. The molecule has 0 atom stereocenters. The first-order valence-electron chi connectivity index (χ1n) is 7.22. The van der Waals surface area contributed by atoms with Gasteiger partial charge in [0.05, 0.1) is 5.69 Å². The van der Waals surface area contributed by atoms with Crippen molar-refractivity contribution in [2.24, 2.45) is 10.2 Å². The molecular weight excluding hydrogens is 370 g/mol. The molecule has 116 valence electrons. The van der Waals surface area contributed by atoms with Crippen LogP contribution in [0, 0.1) is 0 Å². The van der Waals surface area contributed by atoms with E-state index in [0.29, 0.717) is 0 Å². The molecule has 1 aromatic heterocycles. The number of thiazole rings is 1. The Morgan fingerprint density at radius 3 is 2.35 bits per heavy atom. The van der Waals surface area contributed by atoms with Crippen molar-refractivity contribution in [3.05, 3.63) is 69.3 Å². The molecule has 0 N–H and O–H groups in total. The number of aromatic nitrogens is 1. The fraction of sp³-hybridized carbons (Fsp3) is 0.111. The van der Waals surface area contributed by atoms with Gasteiger partial charge >= 0.3 is 0 Å². The average Bonchev–Trinajstić information content (AvgIpc) is 2.98. The summed E-state index contributed by atoms with van der Waals surface area (Å²) in [5, 5.41) is 10.8. The van der Waals surface area contributed by atoms with Gasteiger partial charge in [-0.05, 0) is 43.7 Å². The normalized spacial score (nSPS) is 11.5. The summed E-state index contributed by atoms with van der Waals surface area (Å²) in [4.78, 5) is 0.857. The smallest absolute Gasteiger partial charge is 0.215 e. The third kappa shape index (κ3) is 3.68. The lowest BCUT2D eigenvalue weighted by atomic mass is 10.1. The molecule has 0 aliphatic heterocycles. The molecule has 3 rings (SSSR count). The predicted molar refractivity (Wildman–Crippen MR) is 101 cm³/mol. The highest BCUT2D eigenvalue weighted by molar-refractivity contribution is 9.10. The van der Waals surface area contributed by atoms with E-state index in [0.717, 1.165) is 31.9 Å². The third-order valence-electron chi connectivity index (χ3n) is 3.20. The van der Waals surface area contributed by atoms with E-state index in [4.69, 9.17) is 0 Å². The van der Waals surface area contributed by atoms with E-state index in [-0.39, 0.29) is 0 Å². The zero-order valence-corrected chi connectivity index (χ0v) is 15.3. The lowest BCUT2D eigenvalue weighted by molar-refractivity contribution is 0.969. The van der Waals surface area contributed by atoms with Crippen LogP contribution in [-0.4, -0.2) is 10.3 Å². The molecule has 0 bridgehead atoms. The molecule has 23 heavy (non-hydrogen) atoms. The van der Waals surface area contributed by atoms with Gasteiger partial charge < -0.3 is 0 Å². The highest BCUT2D eigenvalue weighted by atomic mass is 79.9. The van der Waals surface area contributed by atoms with Gasteiger partial charge in [0.15, 0.2) is 0 Å². The Morgan fingerprint density at radius 2 is 1.70 bits per heavy atom. The van der Waals surface area contributed by atoms with Crippen LogP contribution in [0.4, 0.5) is 0 Å². The minimum absolute atomic E-state index is 0.857. The molecular formula is C18H16BrN3S. The highest BCUT2D eigenvalue weighted by Crippen LogP contribution is 2.25. The number of nitrogens with zero attached hydrogens (tertiary/aromatic N) is 3. The lowest BCUT2D eigenvalue weighted by Crippen LogP contribution is -2.13. The van der Waals surface area contributed by atoms with Gasteiger partial charge in [0.25, 0.3) is 0 Å². The van der Waals surface area contributed by atoms with E-state index in [1.807, 2.05) is 44.2 Å². The van der Waals surface area contributed by atoms with Crippen molar-refractivity contribution >= 4 is 33.0 Å². The maximum atomic E-state index is 4.41. The van der Waals surface area contributed by atoms with Crippen LogP contribution >= 0.6 is 27.3 Å². The first-order chi connectivity index (χ1) is 11.1. The predicted octanol–water partition coefficient (Wildman–Crippen LogP) is 5.26. The van der Waals surface area contributed by atoms with Gasteiger partial charge in [-0.3, -0.25) is 4.57 Å². The quantitative estimate of drug-likeness (QED) is 0.434. The van der Waals surface area contributed by atoms with Crippen molar-refractivity contribution in [2.75, 3.05) is 0 Å². The largest absolute Gasteiger partial charge is 0.284 e. The third-order valence-corrected chi connectivity index (χ3v) is 4.54. The molecule has 0 unspecified atom stereocenters. The molecule has 0 fully saturated rings. The molecule has 0 radical (unpaired) electrons. The van der Waals surface area contributed by atoms with Crippen LogP contribution in [0.15, 0.2) is 74.7 Å². The summed E-state index contributed by atoms with van der Waals surface area (Å²) < 4.78 is 3.21. The van der Waals surface area contributed by atoms with Crippen molar-refractivity contribution in [2.45, 2.75) is 13.8 Å². The van der Waals surface area contributed by atoms with Crippen LogP contribution in [0.5, 0.6) is 0 Å². The van der Waals surface area contributed by atoms with Crippen molar-refractivity contribution in [3.8, 4) is 16.9 Å². The molecule has 0 saturated heterocycles. The summed E-state index contributed by atoms with van der Waals surface area (Å²) in [6.45, 7) is 3.89. The first-order valence-corrected chi connectivity index (χ1v) is 8.89. The van der Waals surface area contributed by atoms with Gasteiger partial charge in [-0.25, -0.2) is 0 Å². The number of hydrogen-bond acceptors (Lipinski definition) is 3. The Balaban J connectivity index is 2.23. The van der Waals surface area contributed by atoms with Crippen LogP contribution in [0.25, 0.3) is 16.9 Å². The molecule has 3 aromatic rings. The van der Waals surface area contributed by atoms with Crippen LogP contribution in [-0.2, 0) is 0 Å². The van der Waals surface area contributed by atoms with Gasteiger partial charge in [-0.15, -0.1) is 16.4 Å². The van der Waals surface area contributed by atoms with E-state index in [1.54, 1.807) is 11.3 Å². The Morgan fingerprint density at radius 1 is 1.00 bits per heavy atom. The average molecular weight is 386 g/mol. The molecule has 1 heterocycles. The van der Waals surface area contributed by atoms with E-state index in [2.05, 4.69) is 60.3 Å². The zero-order valence-electron chi connectivity index (χ0n) is 12.9. The number of rotatable bonds is 3. The summed E-state index contributed by atoms with van der Waals surface area (Å²) in [7, 11) is 0. The lowest BCUT2D eigenvalue weighted by Gasteiger charge is -2.09. The minimum Gasteiger partial charge on any atom is -0.284 e. The van der Waals surface area contributed by atoms with Crippen molar-refractivity contribution in [1.29, 1.82) is 0 Å². The van der Waals surface area contributed by atoms with Crippen LogP contribution < -0.4 is 4.80 Å². The second-order valence-corrected chi connectivity index (χ2v) is 6.98. The summed E-state index contributed by atoms with van der Waals surface area (Å²) in [5.74, 6) is 0. The molecule has 0 aliphatic carbocycles. The van der Waals surface area contributed by atoms with E-state index < -0.39 is 0 Å². The highest BCUT2D eigenvalue weighted by Gasteiger charge is 2.09. The van der Waals surface area contributed by atoms with Crippen LogP contribution in [0.1, 0.15) is 13.8 Å². The second kappa shape index (κ2) is 7.06. The molecule has 0 aliphatic rings. The molecule has 5 heteroatoms. The van der Waals surface area contributed by atoms with Gasteiger partial charge in [0.1, 0.15) is 0 Å². The van der Waals surface area contributed by atoms with Gasteiger partial charge in [-0.2, -0.15) is 5.10 Å². The van der Waals surface area contributed by atoms with Gasteiger partial charge in [-0.1, -0.05) is 46.3 Å². The number of para-hydroxylation sites is 1. The maximum absolute atomic E-state index is 4.41. The van der Waals surface area contributed by atoms with Gasteiger partial charge in [0, 0.05) is 21.3 Å². The van der Waals surface area contributed by atoms with Crippen LogP contribution in [0.3, 0.4) is 0 Å². The first kappa shape index (κ1) is 15.9. The van der Waals surface area contributed by atoms with Gasteiger partial charge in [0.2, 0.25) is 4.80 Å². The van der Waals surface area contributed by atoms with E-state index in [1.165, 1.54) is 0 Å². The Kier molecular flexibility index (Phi) is 4.88. The monoisotopic (exact) mass is 385 g/mol. The summed E-state index contributed by atoms with van der Waals surface area (Å²) >= 11 is 5.08.